The summed E-state index contributed by atoms with van der Waals surface area (Å²) in [6, 6.07) is 4.97. The molecule has 0 fully saturated rings. The van der Waals surface area contributed by atoms with Crippen LogP contribution in [0.3, 0.4) is 0 Å². The Bertz CT molecular complexity index is 368. The smallest absolute Gasteiger partial charge is 0.421 e. The number of anilines is 1. The number of carboxylic acid groups (broad SMARTS) is 1. The normalized spacial score (nSPS) is 9.73. The van der Waals surface area contributed by atoms with E-state index in [-0.39, 0.29) is 6.54 Å². The summed E-state index contributed by atoms with van der Waals surface area (Å²) in [5, 5.41) is 9.25. The highest BCUT2D eigenvalue weighted by Crippen LogP contribution is 2.19. The van der Waals surface area contributed by atoms with Crippen molar-refractivity contribution in [3.8, 4) is 5.75 Å². The fraction of sp³-hybridized carbons (Fsp3) is 0.222. The van der Waals surface area contributed by atoms with Crippen LogP contribution in [0.15, 0.2) is 18.2 Å². The molecule has 0 saturated carbocycles. The summed E-state index contributed by atoms with van der Waals surface area (Å²) < 4.78 is 4.99. The van der Waals surface area contributed by atoms with E-state index in [1.807, 2.05) is 0 Å². The highest BCUT2D eigenvalue weighted by Gasteiger charge is 2.08. The van der Waals surface area contributed by atoms with Gasteiger partial charge < -0.3 is 15.6 Å². The van der Waals surface area contributed by atoms with Crippen molar-refractivity contribution in [2.75, 3.05) is 12.8 Å². The van der Waals surface area contributed by atoms with Crippen LogP contribution in [0.4, 0.5) is 10.5 Å². The van der Waals surface area contributed by atoms with Gasteiger partial charge in [-0.1, -0.05) is 0 Å². The summed E-state index contributed by atoms with van der Waals surface area (Å²) >= 11 is 0. The molecular weight excluding hydrogens is 198 g/mol. The number of amides is 1. The topological polar surface area (TPSA) is 102 Å². The second-order valence-corrected chi connectivity index (χ2v) is 3.02. The van der Waals surface area contributed by atoms with Gasteiger partial charge in [0.05, 0.1) is 13.7 Å². The summed E-state index contributed by atoms with van der Waals surface area (Å²) in [4.78, 5) is 10.5. The van der Waals surface area contributed by atoms with Gasteiger partial charge in [-0.25, -0.2) is 15.6 Å². The van der Waals surface area contributed by atoms with E-state index in [9.17, 15) is 4.79 Å². The Morgan fingerprint density at radius 1 is 1.53 bits per heavy atom. The number of hydrogen-bond donors (Lipinski definition) is 3. The van der Waals surface area contributed by atoms with Crippen LogP contribution in [-0.4, -0.2) is 23.3 Å². The second-order valence-electron chi connectivity index (χ2n) is 3.02. The largest absolute Gasteiger partial charge is 0.497 e. The van der Waals surface area contributed by atoms with E-state index in [1.165, 1.54) is 7.11 Å². The van der Waals surface area contributed by atoms with E-state index in [4.69, 9.17) is 21.4 Å². The molecule has 0 spiro atoms. The van der Waals surface area contributed by atoms with Crippen LogP contribution in [0.2, 0.25) is 0 Å². The molecule has 0 unspecified atom stereocenters. The average molecular weight is 211 g/mol. The molecule has 0 radical (unpaired) electrons. The van der Waals surface area contributed by atoms with Gasteiger partial charge in [-0.2, -0.15) is 0 Å². The maximum absolute atomic E-state index is 10.5. The molecule has 1 rings (SSSR count). The van der Waals surface area contributed by atoms with Crippen molar-refractivity contribution >= 4 is 11.8 Å². The highest BCUT2D eigenvalue weighted by atomic mass is 16.5. The van der Waals surface area contributed by atoms with Gasteiger partial charge in [-0.05, 0) is 17.7 Å². The lowest BCUT2D eigenvalue weighted by Gasteiger charge is -2.13. The number of carbonyl (C=O) groups is 1. The molecule has 82 valence electrons. The van der Waals surface area contributed by atoms with Crippen LogP contribution in [0.5, 0.6) is 5.75 Å². The third-order valence-corrected chi connectivity index (χ3v) is 1.82. The first-order valence-electron chi connectivity index (χ1n) is 4.21. The number of hydrazine groups is 1. The zero-order valence-corrected chi connectivity index (χ0v) is 8.30. The quantitative estimate of drug-likeness (QED) is 0.294. The molecule has 0 aliphatic rings. The first-order chi connectivity index (χ1) is 7.02. The molecule has 0 bridgehead atoms. The molecule has 0 aliphatic carbocycles. The number of benzene rings is 1. The molecule has 6 heteroatoms. The van der Waals surface area contributed by atoms with Gasteiger partial charge in [0.25, 0.3) is 0 Å². The van der Waals surface area contributed by atoms with Crippen LogP contribution < -0.4 is 16.3 Å². The lowest BCUT2D eigenvalue weighted by atomic mass is 10.2. The molecule has 0 aliphatic heterocycles. The number of nitrogen functional groups attached to an aromatic ring is 1. The van der Waals surface area contributed by atoms with E-state index >= 15 is 0 Å². The molecule has 1 aromatic rings. The predicted molar refractivity (Wildman–Crippen MR) is 55.2 cm³/mol. The van der Waals surface area contributed by atoms with Gasteiger partial charge in [0.15, 0.2) is 0 Å². The minimum atomic E-state index is -1.20. The van der Waals surface area contributed by atoms with Crippen LogP contribution in [-0.2, 0) is 6.54 Å². The third-order valence-electron chi connectivity index (χ3n) is 1.82. The Labute approximate surface area is 87.0 Å². The summed E-state index contributed by atoms with van der Waals surface area (Å²) in [5.41, 5.74) is 6.78. The minimum absolute atomic E-state index is 0.0662. The third kappa shape index (κ3) is 3.03. The molecule has 1 amide bonds. The number of rotatable bonds is 3. The molecule has 0 aromatic heterocycles. The second kappa shape index (κ2) is 4.52. The first-order valence-corrected chi connectivity index (χ1v) is 4.21. The minimum Gasteiger partial charge on any atom is -0.497 e. The fourth-order valence-corrected chi connectivity index (χ4v) is 1.16. The number of nitrogens with two attached hydrogens (primary N) is 2. The summed E-state index contributed by atoms with van der Waals surface area (Å²) in [5.74, 6) is 5.82. The first kappa shape index (κ1) is 11.1. The summed E-state index contributed by atoms with van der Waals surface area (Å²) in [6.07, 6.45) is -1.20. The Balaban J connectivity index is 2.85. The number of hydrogen-bond acceptors (Lipinski definition) is 4. The fourth-order valence-electron chi connectivity index (χ4n) is 1.16. The van der Waals surface area contributed by atoms with Crippen LogP contribution in [0.1, 0.15) is 5.56 Å². The Hall–Kier alpha value is -1.95. The predicted octanol–water partition coefficient (Wildman–Crippen LogP) is 0.631. The summed E-state index contributed by atoms with van der Waals surface area (Å²) in [6.45, 7) is 0.0662. The molecular formula is C9H13N3O3. The van der Waals surface area contributed by atoms with E-state index in [0.717, 1.165) is 0 Å². The summed E-state index contributed by atoms with van der Waals surface area (Å²) in [7, 11) is 1.51. The lowest BCUT2D eigenvalue weighted by Crippen LogP contribution is -2.35. The Morgan fingerprint density at radius 2 is 2.20 bits per heavy atom. The monoisotopic (exact) mass is 211 g/mol. The standard InChI is InChI=1S/C9H13N3O3/c1-15-8-3-6(2-7(10)4-8)5-12(11)9(13)14/h2-4H,5,10-11H2,1H3,(H,13,14). The zero-order valence-electron chi connectivity index (χ0n) is 8.30. The maximum Gasteiger partial charge on any atom is 0.421 e. The van der Waals surface area contributed by atoms with E-state index in [0.29, 0.717) is 22.0 Å². The number of methoxy groups -OCH3 is 1. The van der Waals surface area contributed by atoms with Crippen molar-refractivity contribution < 1.29 is 14.6 Å². The van der Waals surface area contributed by atoms with Gasteiger partial charge in [-0.3, -0.25) is 0 Å². The average Bonchev–Trinajstić information content (AvgIpc) is 2.16. The highest BCUT2D eigenvalue weighted by molar-refractivity contribution is 5.64. The number of nitrogens with zero attached hydrogens (tertiary/aromatic N) is 1. The maximum atomic E-state index is 10.5. The van der Waals surface area contributed by atoms with Crippen LogP contribution in [0, 0.1) is 0 Å². The molecule has 0 atom stereocenters. The molecule has 0 saturated heterocycles. The van der Waals surface area contributed by atoms with E-state index < -0.39 is 6.09 Å². The Morgan fingerprint density at radius 3 is 2.73 bits per heavy atom. The van der Waals surface area contributed by atoms with Crippen molar-refractivity contribution in [2.24, 2.45) is 5.84 Å². The van der Waals surface area contributed by atoms with Crippen LogP contribution in [0.25, 0.3) is 0 Å². The van der Waals surface area contributed by atoms with Crippen molar-refractivity contribution in [2.45, 2.75) is 6.54 Å². The van der Waals surface area contributed by atoms with Gasteiger partial charge in [0.1, 0.15) is 5.75 Å². The van der Waals surface area contributed by atoms with Crippen molar-refractivity contribution in [3.05, 3.63) is 23.8 Å². The number of ether oxygens (including phenoxy) is 1. The SMILES string of the molecule is COc1cc(N)cc(CN(N)C(=O)O)c1. The molecule has 0 heterocycles. The van der Waals surface area contributed by atoms with Gasteiger partial charge >= 0.3 is 6.09 Å². The van der Waals surface area contributed by atoms with Crippen molar-refractivity contribution in [1.29, 1.82) is 0 Å². The molecule has 15 heavy (non-hydrogen) atoms. The van der Waals surface area contributed by atoms with Gasteiger partial charge in [0.2, 0.25) is 0 Å². The van der Waals surface area contributed by atoms with Crippen LogP contribution >= 0.6 is 0 Å². The van der Waals surface area contributed by atoms with Gasteiger partial charge in [-0.15, -0.1) is 0 Å². The van der Waals surface area contributed by atoms with E-state index in [1.54, 1.807) is 18.2 Å². The lowest BCUT2D eigenvalue weighted by molar-refractivity contribution is 0.143. The zero-order chi connectivity index (χ0) is 11.4. The molecule has 6 nitrogen and oxygen atoms in total. The van der Waals surface area contributed by atoms with Crippen molar-refractivity contribution in [3.63, 3.8) is 0 Å². The molecule has 1 aromatic carbocycles. The van der Waals surface area contributed by atoms with E-state index in [2.05, 4.69) is 0 Å². The Kier molecular flexibility index (Phi) is 3.35. The van der Waals surface area contributed by atoms with Crippen molar-refractivity contribution in [1.82, 2.24) is 5.01 Å². The molecule has 5 N–H and O–H groups in total. The van der Waals surface area contributed by atoms with Gasteiger partial charge in [0, 0.05) is 11.8 Å².